The first-order chi connectivity index (χ1) is 8.97. The number of amides is 1. The van der Waals surface area contributed by atoms with E-state index in [0.717, 1.165) is 9.88 Å². The van der Waals surface area contributed by atoms with Crippen LogP contribution in [-0.2, 0) is 6.54 Å². The van der Waals surface area contributed by atoms with Crippen molar-refractivity contribution >= 4 is 17.2 Å². The summed E-state index contributed by atoms with van der Waals surface area (Å²) in [5.74, 6) is -0.411. The average molecular weight is 278 g/mol. The molecule has 2 aromatic rings. The highest BCUT2D eigenvalue weighted by Gasteiger charge is 2.14. The van der Waals surface area contributed by atoms with Crippen LogP contribution in [0.25, 0.3) is 0 Å². The number of nitrogens with zero attached hydrogens (tertiary/aromatic N) is 2. The zero-order chi connectivity index (χ0) is 14.0. The van der Waals surface area contributed by atoms with E-state index in [0.29, 0.717) is 17.7 Å². The Morgan fingerprint density at radius 3 is 2.74 bits per heavy atom. The van der Waals surface area contributed by atoms with E-state index in [2.05, 4.69) is 4.98 Å². The molecule has 1 amide bonds. The minimum absolute atomic E-state index is 0.117. The van der Waals surface area contributed by atoms with E-state index in [9.17, 15) is 9.18 Å². The molecule has 0 radical (unpaired) electrons. The lowest BCUT2D eigenvalue weighted by atomic mass is 10.1. The summed E-state index contributed by atoms with van der Waals surface area (Å²) in [5, 5.41) is 0.980. The largest absolute Gasteiger partial charge is 0.337 e. The zero-order valence-electron chi connectivity index (χ0n) is 11.1. The molecule has 3 nitrogen and oxygen atoms in total. The van der Waals surface area contributed by atoms with Gasteiger partial charge in [0.15, 0.2) is 0 Å². The number of carbonyl (C=O) groups is 1. The molecule has 1 heterocycles. The van der Waals surface area contributed by atoms with Crippen molar-refractivity contribution in [2.75, 3.05) is 7.05 Å². The van der Waals surface area contributed by atoms with Gasteiger partial charge >= 0.3 is 0 Å². The number of aryl methyl sites for hydroxylation is 2. The second-order valence-corrected chi connectivity index (χ2v) is 5.79. The van der Waals surface area contributed by atoms with E-state index in [1.807, 2.05) is 6.92 Å². The molecule has 0 aliphatic carbocycles. The third-order valence-corrected chi connectivity index (χ3v) is 3.71. The van der Waals surface area contributed by atoms with Crippen LogP contribution in [0.4, 0.5) is 4.39 Å². The number of carbonyl (C=O) groups excluding carboxylic acids is 1. The molecule has 0 bridgehead atoms. The summed E-state index contributed by atoms with van der Waals surface area (Å²) in [5.41, 5.74) is 0.982. The Morgan fingerprint density at radius 1 is 1.42 bits per heavy atom. The zero-order valence-corrected chi connectivity index (χ0v) is 11.9. The molecule has 0 aliphatic rings. The number of hydrogen-bond donors (Lipinski definition) is 0. The summed E-state index contributed by atoms with van der Waals surface area (Å²) >= 11 is 1.57. The van der Waals surface area contributed by atoms with Gasteiger partial charge in [-0.3, -0.25) is 4.79 Å². The van der Waals surface area contributed by atoms with Gasteiger partial charge in [0.1, 0.15) is 5.82 Å². The normalized spacial score (nSPS) is 10.5. The molecular weight excluding hydrogens is 263 g/mol. The average Bonchev–Trinajstić information content (AvgIpc) is 2.77. The Kier molecular flexibility index (Phi) is 3.95. The van der Waals surface area contributed by atoms with Crippen molar-refractivity contribution in [3.05, 3.63) is 51.2 Å². The second kappa shape index (κ2) is 5.48. The van der Waals surface area contributed by atoms with Crippen molar-refractivity contribution in [1.29, 1.82) is 0 Å². The van der Waals surface area contributed by atoms with Gasteiger partial charge in [-0.25, -0.2) is 9.37 Å². The molecule has 0 fully saturated rings. The first-order valence-electron chi connectivity index (χ1n) is 5.90. The number of rotatable bonds is 3. The molecule has 2 rings (SSSR count). The fourth-order valence-electron chi connectivity index (χ4n) is 1.78. The maximum Gasteiger partial charge on any atom is 0.253 e. The summed E-state index contributed by atoms with van der Waals surface area (Å²) in [4.78, 5) is 19.0. The van der Waals surface area contributed by atoms with Crippen molar-refractivity contribution in [2.45, 2.75) is 20.4 Å². The van der Waals surface area contributed by atoms with Gasteiger partial charge < -0.3 is 4.90 Å². The topological polar surface area (TPSA) is 33.2 Å². The number of hydrogen-bond acceptors (Lipinski definition) is 3. The molecule has 0 saturated carbocycles. The third kappa shape index (κ3) is 3.17. The molecule has 1 aromatic heterocycles. The van der Waals surface area contributed by atoms with E-state index in [4.69, 9.17) is 0 Å². The highest BCUT2D eigenvalue weighted by Crippen LogP contribution is 2.16. The molecule has 0 unspecified atom stereocenters. The standard InChI is InChI=1S/C14H15FN2OS/c1-9-6-11(4-5-13(9)15)14(18)17(3)8-12-7-16-10(2)19-12/h4-7H,8H2,1-3H3. The quantitative estimate of drug-likeness (QED) is 0.864. The molecule has 0 aliphatic heterocycles. The maximum atomic E-state index is 13.2. The summed E-state index contributed by atoms with van der Waals surface area (Å²) in [6.45, 7) is 4.10. The summed E-state index contributed by atoms with van der Waals surface area (Å²) in [6, 6.07) is 4.42. The Balaban J connectivity index is 2.12. The maximum absolute atomic E-state index is 13.2. The van der Waals surface area contributed by atoms with Gasteiger partial charge in [-0.1, -0.05) is 0 Å². The van der Waals surface area contributed by atoms with Crippen LogP contribution in [0.3, 0.4) is 0 Å². The van der Waals surface area contributed by atoms with Gasteiger partial charge in [-0.05, 0) is 37.6 Å². The van der Waals surface area contributed by atoms with Gasteiger partial charge in [0.2, 0.25) is 0 Å². The number of halogens is 1. The van der Waals surface area contributed by atoms with E-state index < -0.39 is 0 Å². The highest BCUT2D eigenvalue weighted by atomic mass is 32.1. The van der Waals surface area contributed by atoms with E-state index in [1.165, 1.54) is 12.1 Å². The second-order valence-electron chi connectivity index (χ2n) is 4.47. The van der Waals surface area contributed by atoms with Crippen molar-refractivity contribution in [3.8, 4) is 0 Å². The molecule has 1 aromatic carbocycles. The molecule has 19 heavy (non-hydrogen) atoms. The monoisotopic (exact) mass is 278 g/mol. The van der Waals surface area contributed by atoms with Gasteiger partial charge in [-0.2, -0.15) is 0 Å². The van der Waals surface area contributed by atoms with Crippen LogP contribution < -0.4 is 0 Å². The molecule has 5 heteroatoms. The van der Waals surface area contributed by atoms with Crippen LogP contribution in [0, 0.1) is 19.7 Å². The van der Waals surface area contributed by atoms with Gasteiger partial charge in [0.05, 0.1) is 11.6 Å². The van der Waals surface area contributed by atoms with Crippen LogP contribution in [0.5, 0.6) is 0 Å². The predicted octanol–water partition coefficient (Wildman–Crippen LogP) is 3.17. The molecule has 0 N–H and O–H groups in total. The van der Waals surface area contributed by atoms with Crippen LogP contribution in [0.2, 0.25) is 0 Å². The van der Waals surface area contributed by atoms with Crippen molar-refractivity contribution < 1.29 is 9.18 Å². The number of aromatic nitrogens is 1. The lowest BCUT2D eigenvalue weighted by Crippen LogP contribution is -2.25. The summed E-state index contributed by atoms with van der Waals surface area (Å²) < 4.78 is 13.2. The van der Waals surface area contributed by atoms with Crippen molar-refractivity contribution in [3.63, 3.8) is 0 Å². The van der Waals surface area contributed by atoms with Crippen molar-refractivity contribution in [1.82, 2.24) is 9.88 Å². The summed E-state index contributed by atoms with van der Waals surface area (Å²) in [6.07, 6.45) is 1.78. The minimum Gasteiger partial charge on any atom is -0.337 e. The fraction of sp³-hybridized carbons (Fsp3) is 0.286. The smallest absolute Gasteiger partial charge is 0.253 e. The van der Waals surface area contributed by atoms with Gasteiger partial charge in [0, 0.05) is 23.7 Å². The number of thiazole rings is 1. The first-order valence-corrected chi connectivity index (χ1v) is 6.72. The minimum atomic E-state index is -0.294. The molecule has 0 saturated heterocycles. The Hall–Kier alpha value is -1.75. The molecular formula is C14H15FN2OS. The Labute approximate surface area is 115 Å². The predicted molar refractivity (Wildman–Crippen MR) is 73.8 cm³/mol. The van der Waals surface area contributed by atoms with Crippen LogP contribution in [-0.4, -0.2) is 22.8 Å². The van der Waals surface area contributed by atoms with E-state index in [1.54, 1.807) is 42.5 Å². The third-order valence-electron chi connectivity index (χ3n) is 2.81. The van der Waals surface area contributed by atoms with E-state index in [-0.39, 0.29) is 11.7 Å². The van der Waals surface area contributed by atoms with Gasteiger partial charge in [-0.15, -0.1) is 11.3 Å². The van der Waals surface area contributed by atoms with E-state index >= 15 is 0 Å². The fourth-order valence-corrected chi connectivity index (χ4v) is 2.63. The Morgan fingerprint density at radius 2 is 2.16 bits per heavy atom. The van der Waals surface area contributed by atoms with Gasteiger partial charge in [0.25, 0.3) is 5.91 Å². The lowest BCUT2D eigenvalue weighted by Gasteiger charge is -2.16. The van der Waals surface area contributed by atoms with Crippen LogP contribution >= 0.6 is 11.3 Å². The van der Waals surface area contributed by atoms with Crippen molar-refractivity contribution in [2.24, 2.45) is 0 Å². The molecule has 0 atom stereocenters. The number of benzene rings is 1. The molecule has 0 spiro atoms. The lowest BCUT2D eigenvalue weighted by molar-refractivity contribution is 0.0786. The highest BCUT2D eigenvalue weighted by molar-refractivity contribution is 7.11. The Bertz CT molecular complexity index is 609. The first kappa shape index (κ1) is 13.7. The summed E-state index contributed by atoms with van der Waals surface area (Å²) in [7, 11) is 1.73. The molecule has 100 valence electrons. The SMILES string of the molecule is Cc1ncc(CN(C)C(=O)c2ccc(F)c(C)c2)s1. The van der Waals surface area contributed by atoms with Crippen LogP contribution in [0.1, 0.15) is 25.8 Å². The van der Waals surface area contributed by atoms with Crippen LogP contribution in [0.15, 0.2) is 24.4 Å².